The molecule has 6 nitrogen and oxygen atoms in total. The molecule has 1 aliphatic heterocycles. The number of carbonyl (C=O) groups excluding carboxylic acids is 1. The second kappa shape index (κ2) is 8.31. The second-order valence-electron chi connectivity index (χ2n) is 6.24. The van der Waals surface area contributed by atoms with Crippen molar-refractivity contribution < 1.29 is 14.3 Å². The molecule has 0 radical (unpaired) electrons. The van der Waals surface area contributed by atoms with E-state index in [0.717, 1.165) is 16.8 Å². The number of anilines is 1. The van der Waals surface area contributed by atoms with Crippen LogP contribution in [0.5, 0.6) is 11.5 Å². The standard InChI is InChI=1S/C20H21N3O3S/c1-12-13(2)16(11-21)20(22-14(12)3)27-9-6-19(24)23-15-4-5-17-18(10-15)26-8-7-25-17/h4-5,10H,6-9H2,1-3H3,(H,23,24). The zero-order valence-electron chi connectivity index (χ0n) is 15.6. The van der Waals surface area contributed by atoms with Gasteiger partial charge in [0.05, 0.1) is 5.56 Å². The van der Waals surface area contributed by atoms with E-state index in [1.54, 1.807) is 18.2 Å². The lowest BCUT2D eigenvalue weighted by Crippen LogP contribution is -2.16. The van der Waals surface area contributed by atoms with E-state index in [2.05, 4.69) is 16.4 Å². The predicted octanol–water partition coefficient (Wildman–Crippen LogP) is 3.77. The van der Waals surface area contributed by atoms with E-state index in [-0.39, 0.29) is 5.91 Å². The fraction of sp³-hybridized carbons (Fsp3) is 0.350. The van der Waals surface area contributed by atoms with Crippen molar-refractivity contribution in [2.75, 3.05) is 24.3 Å². The first-order valence-corrected chi connectivity index (χ1v) is 9.68. The van der Waals surface area contributed by atoms with Crippen molar-refractivity contribution in [3.05, 3.63) is 40.6 Å². The predicted molar refractivity (Wildman–Crippen MR) is 105 cm³/mol. The van der Waals surface area contributed by atoms with Crippen molar-refractivity contribution >= 4 is 23.4 Å². The molecule has 1 N–H and O–H groups in total. The molecule has 0 fully saturated rings. The fourth-order valence-corrected chi connectivity index (χ4v) is 3.76. The lowest BCUT2D eigenvalue weighted by molar-refractivity contribution is -0.115. The van der Waals surface area contributed by atoms with Crippen LogP contribution >= 0.6 is 11.8 Å². The van der Waals surface area contributed by atoms with Gasteiger partial charge in [-0.3, -0.25) is 4.79 Å². The second-order valence-corrected chi connectivity index (χ2v) is 7.33. The number of nitrogens with zero attached hydrogens (tertiary/aromatic N) is 2. The van der Waals surface area contributed by atoms with Crippen LogP contribution in [0.3, 0.4) is 0 Å². The zero-order valence-corrected chi connectivity index (χ0v) is 16.4. The highest BCUT2D eigenvalue weighted by Gasteiger charge is 2.15. The van der Waals surface area contributed by atoms with Gasteiger partial charge in [-0.15, -0.1) is 11.8 Å². The van der Waals surface area contributed by atoms with Gasteiger partial charge in [0.2, 0.25) is 5.91 Å². The quantitative estimate of drug-likeness (QED) is 0.791. The number of carbonyl (C=O) groups is 1. The number of benzene rings is 1. The maximum Gasteiger partial charge on any atom is 0.225 e. The normalized spacial score (nSPS) is 12.4. The van der Waals surface area contributed by atoms with Crippen molar-refractivity contribution in [2.45, 2.75) is 32.2 Å². The average molecular weight is 383 g/mol. The summed E-state index contributed by atoms with van der Waals surface area (Å²) < 4.78 is 11.0. The van der Waals surface area contributed by atoms with E-state index in [1.807, 2.05) is 20.8 Å². The molecule has 0 bridgehead atoms. The summed E-state index contributed by atoms with van der Waals surface area (Å²) in [7, 11) is 0. The van der Waals surface area contributed by atoms with Gasteiger partial charge in [-0.2, -0.15) is 5.26 Å². The van der Waals surface area contributed by atoms with Crippen molar-refractivity contribution in [2.24, 2.45) is 0 Å². The monoisotopic (exact) mass is 383 g/mol. The van der Waals surface area contributed by atoms with E-state index in [0.29, 0.717) is 53.2 Å². The fourth-order valence-electron chi connectivity index (χ4n) is 2.73. The summed E-state index contributed by atoms with van der Waals surface area (Å²) in [5.41, 5.74) is 4.16. The molecule has 0 saturated carbocycles. The highest BCUT2D eigenvalue weighted by atomic mass is 32.2. The van der Waals surface area contributed by atoms with Crippen molar-refractivity contribution in [1.82, 2.24) is 4.98 Å². The summed E-state index contributed by atoms with van der Waals surface area (Å²) in [6.45, 7) is 6.87. The number of hydrogen-bond acceptors (Lipinski definition) is 6. The van der Waals surface area contributed by atoms with Gasteiger partial charge >= 0.3 is 0 Å². The summed E-state index contributed by atoms with van der Waals surface area (Å²) in [6.07, 6.45) is 0.317. The number of hydrogen-bond donors (Lipinski definition) is 1. The Morgan fingerprint density at radius 3 is 2.70 bits per heavy atom. The van der Waals surface area contributed by atoms with E-state index in [1.165, 1.54) is 11.8 Å². The first-order chi connectivity index (χ1) is 13.0. The number of fused-ring (bicyclic) bond motifs is 1. The van der Waals surface area contributed by atoms with Crippen LogP contribution in [-0.4, -0.2) is 29.9 Å². The van der Waals surface area contributed by atoms with Crippen LogP contribution in [0, 0.1) is 32.1 Å². The maximum absolute atomic E-state index is 12.2. The van der Waals surface area contributed by atoms with Gasteiger partial charge in [-0.25, -0.2) is 4.98 Å². The van der Waals surface area contributed by atoms with Crippen molar-refractivity contribution in [1.29, 1.82) is 5.26 Å². The molecule has 1 aromatic carbocycles. The van der Waals surface area contributed by atoms with Crippen LogP contribution in [0.25, 0.3) is 0 Å². The average Bonchev–Trinajstić information content (AvgIpc) is 2.66. The Labute approximate surface area is 162 Å². The third kappa shape index (κ3) is 4.34. The van der Waals surface area contributed by atoms with Crippen LogP contribution in [0.15, 0.2) is 23.2 Å². The number of thioether (sulfide) groups is 1. The van der Waals surface area contributed by atoms with Gasteiger partial charge in [0.25, 0.3) is 0 Å². The summed E-state index contributed by atoms with van der Waals surface area (Å²) in [4.78, 5) is 16.7. The van der Waals surface area contributed by atoms with Crippen LogP contribution in [0.2, 0.25) is 0 Å². The topological polar surface area (TPSA) is 84.2 Å². The third-order valence-corrected chi connectivity index (χ3v) is 5.45. The number of amides is 1. The molecule has 140 valence electrons. The molecular weight excluding hydrogens is 362 g/mol. The molecule has 3 rings (SSSR count). The number of pyridine rings is 1. The first kappa shape index (κ1) is 19.1. The van der Waals surface area contributed by atoms with Crippen LogP contribution in [0.1, 0.15) is 28.8 Å². The van der Waals surface area contributed by atoms with E-state index < -0.39 is 0 Å². The first-order valence-electron chi connectivity index (χ1n) is 8.69. The van der Waals surface area contributed by atoms with Crippen LogP contribution in [0.4, 0.5) is 5.69 Å². The Bertz CT molecular complexity index is 922. The molecule has 0 unspecified atom stereocenters. The molecule has 1 aromatic heterocycles. The lowest BCUT2D eigenvalue weighted by atomic mass is 10.1. The smallest absolute Gasteiger partial charge is 0.225 e. The summed E-state index contributed by atoms with van der Waals surface area (Å²) in [5.74, 6) is 1.77. The summed E-state index contributed by atoms with van der Waals surface area (Å²) in [5, 5.41) is 13.0. The number of nitrogens with one attached hydrogen (secondary N) is 1. The van der Waals surface area contributed by atoms with E-state index in [9.17, 15) is 10.1 Å². The summed E-state index contributed by atoms with van der Waals surface area (Å²) >= 11 is 1.43. The molecule has 0 aliphatic carbocycles. The Balaban J connectivity index is 1.58. The number of rotatable bonds is 5. The minimum atomic E-state index is -0.0989. The minimum absolute atomic E-state index is 0.0989. The van der Waals surface area contributed by atoms with Crippen LogP contribution in [-0.2, 0) is 4.79 Å². The molecule has 27 heavy (non-hydrogen) atoms. The van der Waals surface area contributed by atoms with Crippen LogP contribution < -0.4 is 14.8 Å². The van der Waals surface area contributed by atoms with E-state index >= 15 is 0 Å². The SMILES string of the molecule is Cc1nc(SCCC(=O)Nc2ccc3c(c2)OCCO3)c(C#N)c(C)c1C. The number of nitriles is 1. The third-order valence-electron chi connectivity index (χ3n) is 4.47. The van der Waals surface area contributed by atoms with Crippen molar-refractivity contribution in [3.8, 4) is 17.6 Å². The van der Waals surface area contributed by atoms with Gasteiger partial charge in [0.1, 0.15) is 24.3 Å². The van der Waals surface area contributed by atoms with E-state index in [4.69, 9.17) is 9.47 Å². The zero-order chi connectivity index (χ0) is 19.4. The lowest BCUT2D eigenvalue weighted by Gasteiger charge is -2.19. The highest BCUT2D eigenvalue weighted by molar-refractivity contribution is 7.99. The van der Waals surface area contributed by atoms with Crippen molar-refractivity contribution in [3.63, 3.8) is 0 Å². The molecular formula is C20H21N3O3S. The van der Waals surface area contributed by atoms with Gasteiger partial charge in [-0.05, 0) is 44.0 Å². The Morgan fingerprint density at radius 2 is 1.96 bits per heavy atom. The number of ether oxygens (including phenoxy) is 2. The molecule has 1 amide bonds. The van der Waals surface area contributed by atoms with Gasteiger partial charge in [0.15, 0.2) is 11.5 Å². The van der Waals surface area contributed by atoms with Gasteiger partial charge < -0.3 is 14.8 Å². The van der Waals surface area contributed by atoms with Gasteiger partial charge in [0, 0.05) is 29.6 Å². The molecule has 0 saturated heterocycles. The molecule has 1 aliphatic rings. The summed E-state index contributed by atoms with van der Waals surface area (Å²) in [6, 6.07) is 7.58. The Hall–Kier alpha value is -2.72. The minimum Gasteiger partial charge on any atom is -0.486 e. The Morgan fingerprint density at radius 1 is 1.22 bits per heavy atom. The highest BCUT2D eigenvalue weighted by Crippen LogP contribution is 2.32. The molecule has 0 atom stereocenters. The number of aryl methyl sites for hydroxylation is 1. The molecule has 7 heteroatoms. The molecule has 0 spiro atoms. The Kier molecular flexibility index (Phi) is 5.87. The molecule has 2 aromatic rings. The molecule has 2 heterocycles. The van der Waals surface area contributed by atoms with Gasteiger partial charge in [-0.1, -0.05) is 0 Å². The maximum atomic E-state index is 12.2. The number of aromatic nitrogens is 1. The largest absolute Gasteiger partial charge is 0.486 e.